The second kappa shape index (κ2) is 6.31. The first-order valence-electron chi connectivity index (χ1n) is 6.00. The maximum Gasteiger partial charge on any atom is 0.0260 e. The molecule has 1 N–H and O–H groups in total. The lowest BCUT2D eigenvalue weighted by atomic mass is 9.82. The molecule has 1 nitrogen and oxygen atoms in total. The largest absolute Gasteiger partial charge is 0.263 e. The van der Waals surface area contributed by atoms with E-state index in [1.807, 2.05) is 7.05 Å². The summed E-state index contributed by atoms with van der Waals surface area (Å²) in [7, 11) is 1.97. The van der Waals surface area contributed by atoms with Crippen LogP contribution in [0.2, 0.25) is 0 Å². The van der Waals surface area contributed by atoms with Crippen molar-refractivity contribution in [1.29, 1.82) is 0 Å². The molecule has 0 saturated heterocycles. The van der Waals surface area contributed by atoms with E-state index in [0.717, 1.165) is 6.42 Å². The molecule has 0 aliphatic carbocycles. The molecule has 0 radical (unpaired) electrons. The Kier molecular flexibility index (Phi) is 5.36. The summed E-state index contributed by atoms with van der Waals surface area (Å²) in [6.45, 7) is 6.98. The molecule has 0 fully saturated rings. The first-order chi connectivity index (χ1) is 7.59. The van der Waals surface area contributed by atoms with Crippen molar-refractivity contribution in [1.82, 2.24) is 4.72 Å². The molecule has 1 aromatic carbocycles. The van der Waals surface area contributed by atoms with Crippen molar-refractivity contribution < 1.29 is 0 Å². The van der Waals surface area contributed by atoms with Gasteiger partial charge in [0.15, 0.2) is 0 Å². The Bertz CT molecular complexity index is 320. The van der Waals surface area contributed by atoms with Crippen LogP contribution in [0.5, 0.6) is 0 Å². The summed E-state index contributed by atoms with van der Waals surface area (Å²) >= 11 is 1.71. The summed E-state index contributed by atoms with van der Waals surface area (Å²) < 4.78 is 3.16. The van der Waals surface area contributed by atoms with E-state index in [4.69, 9.17) is 0 Å². The van der Waals surface area contributed by atoms with Crippen LogP contribution in [0.3, 0.4) is 0 Å². The van der Waals surface area contributed by atoms with Gasteiger partial charge in [-0.25, -0.2) is 0 Å². The highest BCUT2D eigenvalue weighted by Crippen LogP contribution is 2.31. The van der Waals surface area contributed by atoms with E-state index in [9.17, 15) is 0 Å². The number of rotatable bonds is 6. The monoisotopic (exact) mass is 237 g/mol. The summed E-state index contributed by atoms with van der Waals surface area (Å²) in [4.78, 5) is 1.36. The van der Waals surface area contributed by atoms with E-state index in [1.54, 1.807) is 11.9 Å². The highest BCUT2D eigenvalue weighted by Gasteiger charge is 2.18. The van der Waals surface area contributed by atoms with Crippen molar-refractivity contribution in [3.63, 3.8) is 0 Å². The van der Waals surface area contributed by atoms with Crippen LogP contribution in [0.25, 0.3) is 0 Å². The van der Waals surface area contributed by atoms with Gasteiger partial charge in [0.1, 0.15) is 0 Å². The molecule has 0 aromatic heterocycles. The van der Waals surface area contributed by atoms with E-state index >= 15 is 0 Å². The molecule has 0 bridgehead atoms. The molecule has 0 heterocycles. The van der Waals surface area contributed by atoms with Crippen LogP contribution in [-0.4, -0.2) is 7.05 Å². The number of hydrogen-bond acceptors (Lipinski definition) is 2. The predicted molar refractivity (Wildman–Crippen MR) is 73.8 cm³/mol. The third-order valence-electron chi connectivity index (χ3n) is 2.78. The Morgan fingerprint density at radius 3 is 2.56 bits per heavy atom. The summed E-state index contributed by atoms with van der Waals surface area (Å²) in [5, 5.41) is 0. The van der Waals surface area contributed by atoms with Crippen molar-refractivity contribution in [3.05, 3.63) is 29.8 Å². The molecule has 0 unspecified atom stereocenters. The lowest BCUT2D eigenvalue weighted by Crippen LogP contribution is -2.15. The summed E-state index contributed by atoms with van der Waals surface area (Å²) in [6.07, 6.45) is 3.70. The normalized spacial score (nSPS) is 11.8. The fraction of sp³-hybridized carbons (Fsp3) is 0.571. The van der Waals surface area contributed by atoms with Gasteiger partial charge in [-0.1, -0.05) is 45.4 Å². The fourth-order valence-electron chi connectivity index (χ4n) is 2.14. The maximum absolute atomic E-state index is 3.16. The van der Waals surface area contributed by atoms with Crippen LogP contribution < -0.4 is 4.72 Å². The lowest BCUT2D eigenvalue weighted by molar-refractivity contribution is 0.327. The van der Waals surface area contributed by atoms with E-state index in [2.05, 4.69) is 49.8 Å². The van der Waals surface area contributed by atoms with Gasteiger partial charge in [0.2, 0.25) is 0 Å². The lowest BCUT2D eigenvalue weighted by Gasteiger charge is -2.25. The minimum Gasteiger partial charge on any atom is -0.263 e. The van der Waals surface area contributed by atoms with Gasteiger partial charge in [0.05, 0.1) is 0 Å². The van der Waals surface area contributed by atoms with Crippen molar-refractivity contribution >= 4 is 11.9 Å². The number of nitrogens with one attached hydrogen (secondary N) is 1. The van der Waals surface area contributed by atoms with Gasteiger partial charge in [-0.15, -0.1) is 0 Å². The summed E-state index contributed by atoms with van der Waals surface area (Å²) in [6, 6.07) is 8.68. The summed E-state index contributed by atoms with van der Waals surface area (Å²) in [5.41, 5.74) is 1.86. The van der Waals surface area contributed by atoms with Crippen LogP contribution in [0, 0.1) is 5.41 Å². The molecule has 90 valence electrons. The van der Waals surface area contributed by atoms with Crippen molar-refractivity contribution in [2.45, 2.75) is 44.9 Å². The Morgan fingerprint density at radius 2 is 1.94 bits per heavy atom. The van der Waals surface area contributed by atoms with Crippen LogP contribution >= 0.6 is 11.9 Å². The first kappa shape index (κ1) is 13.6. The zero-order valence-corrected chi connectivity index (χ0v) is 11.7. The zero-order chi connectivity index (χ0) is 12.0. The van der Waals surface area contributed by atoms with E-state index < -0.39 is 0 Å². The Morgan fingerprint density at radius 1 is 1.25 bits per heavy atom. The fourth-order valence-corrected chi connectivity index (χ4v) is 2.78. The number of benzene rings is 1. The van der Waals surface area contributed by atoms with Crippen LogP contribution in [-0.2, 0) is 6.42 Å². The molecular weight excluding hydrogens is 214 g/mol. The zero-order valence-electron chi connectivity index (χ0n) is 10.8. The van der Waals surface area contributed by atoms with Crippen LogP contribution in [0.4, 0.5) is 0 Å². The third-order valence-corrected chi connectivity index (χ3v) is 3.60. The average Bonchev–Trinajstić information content (AvgIpc) is 2.20. The van der Waals surface area contributed by atoms with Gasteiger partial charge in [-0.05, 0) is 48.9 Å². The predicted octanol–water partition coefficient (Wildman–Crippen LogP) is 4.28. The summed E-state index contributed by atoms with van der Waals surface area (Å²) in [5.74, 6) is 0. The Hall–Kier alpha value is -0.470. The Balaban J connectivity index is 2.79. The smallest absolute Gasteiger partial charge is 0.0260 e. The molecule has 0 amide bonds. The third kappa shape index (κ3) is 4.18. The van der Waals surface area contributed by atoms with E-state index in [0.29, 0.717) is 5.41 Å². The molecule has 0 aliphatic heterocycles. The first-order valence-corrected chi connectivity index (χ1v) is 6.82. The van der Waals surface area contributed by atoms with Gasteiger partial charge in [-0.2, -0.15) is 0 Å². The minimum atomic E-state index is 0.402. The minimum absolute atomic E-state index is 0.402. The number of hydrogen-bond donors (Lipinski definition) is 1. The molecular formula is C14H23NS. The van der Waals surface area contributed by atoms with Gasteiger partial charge in [0.25, 0.3) is 0 Å². The van der Waals surface area contributed by atoms with E-state index in [1.165, 1.54) is 23.3 Å². The highest BCUT2D eigenvalue weighted by atomic mass is 32.2. The quantitative estimate of drug-likeness (QED) is 0.741. The molecule has 0 atom stereocenters. The Labute approximate surface area is 104 Å². The van der Waals surface area contributed by atoms with Gasteiger partial charge in [0, 0.05) is 4.90 Å². The van der Waals surface area contributed by atoms with E-state index in [-0.39, 0.29) is 0 Å². The van der Waals surface area contributed by atoms with Gasteiger partial charge >= 0.3 is 0 Å². The molecule has 0 saturated carbocycles. The average molecular weight is 237 g/mol. The van der Waals surface area contributed by atoms with Crippen molar-refractivity contribution in [2.24, 2.45) is 5.41 Å². The molecule has 16 heavy (non-hydrogen) atoms. The second-order valence-corrected chi connectivity index (χ2v) is 6.06. The topological polar surface area (TPSA) is 12.0 Å². The molecule has 0 spiro atoms. The molecule has 1 aromatic rings. The second-order valence-electron chi connectivity index (χ2n) is 5.00. The maximum atomic E-state index is 3.16. The standard InChI is InChI=1S/C14H23NS/c1-5-10-14(2,3)11-12-8-6-7-9-13(12)16-15-4/h6-9,15H,5,10-11H2,1-4H3. The molecule has 2 heteroatoms. The molecule has 1 rings (SSSR count). The van der Waals surface area contributed by atoms with Crippen LogP contribution in [0.1, 0.15) is 39.2 Å². The van der Waals surface area contributed by atoms with Gasteiger partial charge in [-0.3, -0.25) is 4.72 Å². The molecule has 0 aliphatic rings. The van der Waals surface area contributed by atoms with Crippen molar-refractivity contribution in [3.8, 4) is 0 Å². The van der Waals surface area contributed by atoms with Gasteiger partial charge < -0.3 is 0 Å². The highest BCUT2D eigenvalue weighted by molar-refractivity contribution is 7.97. The van der Waals surface area contributed by atoms with Crippen LogP contribution in [0.15, 0.2) is 29.2 Å². The van der Waals surface area contributed by atoms with Crippen molar-refractivity contribution in [2.75, 3.05) is 7.05 Å². The SMILES string of the molecule is CCCC(C)(C)Cc1ccccc1SNC.